The Morgan fingerprint density at radius 2 is 2.05 bits per heavy atom. The topological polar surface area (TPSA) is 18.5 Å². The van der Waals surface area contributed by atoms with Gasteiger partial charge in [-0.15, -0.1) is 11.6 Å². The van der Waals surface area contributed by atoms with Crippen LogP contribution in [0.1, 0.15) is 17.4 Å². The van der Waals surface area contributed by atoms with E-state index in [-0.39, 0.29) is 6.61 Å². The lowest BCUT2D eigenvalue weighted by molar-refractivity contribution is -0.174. The van der Waals surface area contributed by atoms with Gasteiger partial charge in [0, 0.05) is 11.1 Å². The summed E-state index contributed by atoms with van der Waals surface area (Å²) in [6.45, 7) is -1.30. The Bertz CT molecular complexity index is 412. The second kappa shape index (κ2) is 7.36. The number of benzene rings is 1. The van der Waals surface area contributed by atoms with Gasteiger partial charge in [-0.2, -0.15) is 13.2 Å². The molecule has 0 bridgehead atoms. The molecule has 1 rings (SSSR count). The maximum atomic E-state index is 11.9. The number of halogens is 5. The van der Waals surface area contributed by atoms with Gasteiger partial charge in [0.05, 0.1) is 12.5 Å². The van der Waals surface area contributed by atoms with Crippen LogP contribution in [-0.4, -0.2) is 26.5 Å². The Morgan fingerprint density at radius 3 is 2.58 bits per heavy atom. The molecule has 108 valence electrons. The third kappa shape index (κ3) is 6.01. The molecule has 0 aromatic heterocycles. The minimum Gasteiger partial charge on any atom is -0.497 e. The largest absolute Gasteiger partial charge is 0.497 e. The fourth-order valence-electron chi connectivity index (χ4n) is 1.42. The number of methoxy groups -OCH3 is 1. The van der Waals surface area contributed by atoms with Gasteiger partial charge in [-0.05, 0) is 24.1 Å². The van der Waals surface area contributed by atoms with Gasteiger partial charge in [0.15, 0.2) is 0 Å². The molecule has 0 amide bonds. The van der Waals surface area contributed by atoms with Crippen LogP contribution in [-0.2, 0) is 4.74 Å². The Kier molecular flexibility index (Phi) is 6.42. The molecule has 1 aromatic rings. The van der Waals surface area contributed by atoms with Crippen LogP contribution in [0, 0.1) is 0 Å². The first kappa shape index (κ1) is 16.6. The molecule has 0 saturated heterocycles. The third-order valence-electron chi connectivity index (χ3n) is 2.33. The van der Waals surface area contributed by atoms with Crippen molar-refractivity contribution in [2.45, 2.75) is 18.0 Å². The van der Waals surface area contributed by atoms with Crippen molar-refractivity contribution in [3.05, 3.63) is 28.2 Å². The van der Waals surface area contributed by atoms with Gasteiger partial charge in [-0.1, -0.05) is 22.0 Å². The average Bonchev–Trinajstić information content (AvgIpc) is 2.33. The van der Waals surface area contributed by atoms with E-state index in [9.17, 15) is 13.2 Å². The zero-order chi connectivity index (χ0) is 14.5. The Hall–Kier alpha value is -0.460. The number of hydrogen-bond donors (Lipinski definition) is 0. The molecular formula is C12H13BrClF3O2. The van der Waals surface area contributed by atoms with Crippen molar-refractivity contribution >= 4 is 27.5 Å². The van der Waals surface area contributed by atoms with E-state index < -0.39 is 18.2 Å². The predicted molar refractivity (Wildman–Crippen MR) is 70.8 cm³/mol. The van der Waals surface area contributed by atoms with Gasteiger partial charge >= 0.3 is 6.18 Å². The molecule has 0 radical (unpaired) electrons. The highest BCUT2D eigenvalue weighted by atomic mass is 79.9. The number of ether oxygens (including phenoxy) is 2. The van der Waals surface area contributed by atoms with Crippen molar-refractivity contribution in [3.8, 4) is 5.75 Å². The molecule has 0 saturated carbocycles. The standard InChI is InChI=1S/C12H13BrClF3O2/c1-18-8-2-3-9(10(13)6-8)11(14)4-5-19-7-12(15,16)17/h2-3,6,11H,4-5,7H2,1H3. The average molecular weight is 362 g/mol. The lowest BCUT2D eigenvalue weighted by Crippen LogP contribution is -2.17. The predicted octanol–water partition coefficient (Wildman–Crippen LogP) is 4.71. The fourth-order valence-corrected chi connectivity index (χ4v) is 2.46. The summed E-state index contributed by atoms with van der Waals surface area (Å²) in [6, 6.07) is 5.26. The van der Waals surface area contributed by atoms with Gasteiger partial charge < -0.3 is 9.47 Å². The molecule has 19 heavy (non-hydrogen) atoms. The highest BCUT2D eigenvalue weighted by Gasteiger charge is 2.27. The van der Waals surface area contributed by atoms with E-state index in [1.165, 1.54) is 0 Å². The molecule has 0 fully saturated rings. The summed E-state index contributed by atoms with van der Waals surface area (Å²) in [7, 11) is 1.55. The maximum absolute atomic E-state index is 11.9. The van der Waals surface area contributed by atoms with Gasteiger partial charge in [-0.25, -0.2) is 0 Å². The van der Waals surface area contributed by atoms with Crippen LogP contribution in [0.3, 0.4) is 0 Å². The first-order valence-electron chi connectivity index (χ1n) is 5.45. The molecule has 0 spiro atoms. The van der Waals surface area contributed by atoms with E-state index in [2.05, 4.69) is 20.7 Å². The Balaban J connectivity index is 2.47. The van der Waals surface area contributed by atoms with Crippen LogP contribution in [0.25, 0.3) is 0 Å². The van der Waals surface area contributed by atoms with Crippen LogP contribution in [0.4, 0.5) is 13.2 Å². The van der Waals surface area contributed by atoms with Crippen LogP contribution < -0.4 is 4.74 Å². The normalized spacial score (nSPS) is 13.4. The van der Waals surface area contributed by atoms with Gasteiger partial charge in [0.1, 0.15) is 12.4 Å². The van der Waals surface area contributed by atoms with E-state index in [4.69, 9.17) is 16.3 Å². The molecule has 7 heteroatoms. The van der Waals surface area contributed by atoms with E-state index in [0.29, 0.717) is 12.2 Å². The monoisotopic (exact) mass is 360 g/mol. The summed E-state index contributed by atoms with van der Waals surface area (Å²) < 4.78 is 45.9. The molecule has 0 aliphatic carbocycles. The second-order valence-electron chi connectivity index (χ2n) is 3.81. The minimum atomic E-state index is -4.30. The number of rotatable bonds is 6. The summed E-state index contributed by atoms with van der Waals surface area (Å²) >= 11 is 9.47. The van der Waals surface area contributed by atoms with Crippen molar-refractivity contribution in [2.24, 2.45) is 0 Å². The van der Waals surface area contributed by atoms with E-state index in [1.54, 1.807) is 25.3 Å². The zero-order valence-electron chi connectivity index (χ0n) is 10.1. The highest BCUT2D eigenvalue weighted by Crippen LogP contribution is 2.33. The highest BCUT2D eigenvalue weighted by molar-refractivity contribution is 9.10. The minimum absolute atomic E-state index is 0.0495. The SMILES string of the molecule is COc1ccc(C(Cl)CCOCC(F)(F)F)c(Br)c1. The molecule has 1 unspecified atom stereocenters. The van der Waals surface area contributed by atoms with Crippen molar-refractivity contribution in [2.75, 3.05) is 20.3 Å². The fraction of sp³-hybridized carbons (Fsp3) is 0.500. The zero-order valence-corrected chi connectivity index (χ0v) is 12.5. The first-order valence-corrected chi connectivity index (χ1v) is 6.68. The molecular weight excluding hydrogens is 348 g/mol. The summed E-state index contributed by atoms with van der Waals surface area (Å²) in [5.74, 6) is 0.674. The lowest BCUT2D eigenvalue weighted by atomic mass is 10.1. The Labute approximate surface area is 123 Å². The molecule has 0 N–H and O–H groups in total. The van der Waals surface area contributed by atoms with Crippen LogP contribution >= 0.6 is 27.5 Å². The smallest absolute Gasteiger partial charge is 0.411 e. The second-order valence-corrected chi connectivity index (χ2v) is 5.19. The summed E-state index contributed by atoms with van der Waals surface area (Å²) in [4.78, 5) is 0. The number of alkyl halides is 4. The van der Waals surface area contributed by atoms with Crippen molar-refractivity contribution in [3.63, 3.8) is 0 Å². The summed E-state index contributed by atoms with van der Waals surface area (Å²) in [5.41, 5.74) is 0.790. The first-order chi connectivity index (χ1) is 8.83. The van der Waals surface area contributed by atoms with Crippen LogP contribution in [0.5, 0.6) is 5.75 Å². The lowest BCUT2D eigenvalue weighted by Gasteiger charge is -2.13. The molecule has 0 aliphatic rings. The molecule has 0 heterocycles. The van der Waals surface area contributed by atoms with Crippen molar-refractivity contribution in [1.82, 2.24) is 0 Å². The van der Waals surface area contributed by atoms with E-state index in [1.807, 2.05) is 0 Å². The van der Waals surface area contributed by atoms with E-state index in [0.717, 1.165) is 10.0 Å². The summed E-state index contributed by atoms with van der Waals surface area (Å²) in [5, 5.41) is -0.423. The van der Waals surface area contributed by atoms with Crippen LogP contribution in [0.2, 0.25) is 0 Å². The molecule has 2 nitrogen and oxygen atoms in total. The van der Waals surface area contributed by atoms with Crippen LogP contribution in [0.15, 0.2) is 22.7 Å². The maximum Gasteiger partial charge on any atom is 0.411 e. The van der Waals surface area contributed by atoms with Gasteiger partial charge in [0.2, 0.25) is 0 Å². The van der Waals surface area contributed by atoms with Gasteiger partial charge in [0.25, 0.3) is 0 Å². The van der Waals surface area contributed by atoms with Gasteiger partial charge in [-0.3, -0.25) is 0 Å². The molecule has 0 aliphatic heterocycles. The number of hydrogen-bond acceptors (Lipinski definition) is 2. The molecule has 1 atom stereocenters. The Morgan fingerprint density at radius 1 is 1.37 bits per heavy atom. The summed E-state index contributed by atoms with van der Waals surface area (Å²) in [6.07, 6.45) is -4.01. The third-order valence-corrected chi connectivity index (χ3v) is 3.47. The van der Waals surface area contributed by atoms with Crippen molar-refractivity contribution in [1.29, 1.82) is 0 Å². The molecule has 1 aromatic carbocycles. The quantitative estimate of drug-likeness (QED) is 0.540. The van der Waals surface area contributed by atoms with Crippen molar-refractivity contribution < 1.29 is 22.6 Å². The van der Waals surface area contributed by atoms with E-state index >= 15 is 0 Å².